The first-order valence-corrected chi connectivity index (χ1v) is 6.03. The molecule has 0 saturated carbocycles. The summed E-state index contributed by atoms with van der Waals surface area (Å²) in [6.07, 6.45) is 0. The quantitative estimate of drug-likeness (QED) is 0.623. The van der Waals surface area contributed by atoms with E-state index in [-0.39, 0.29) is 0 Å². The van der Waals surface area contributed by atoms with Crippen molar-refractivity contribution in [2.45, 2.75) is 0 Å². The van der Waals surface area contributed by atoms with E-state index in [1.165, 1.54) is 0 Å². The molecule has 0 fully saturated rings. The van der Waals surface area contributed by atoms with Crippen LogP contribution in [-0.4, -0.2) is 0 Å². The fraction of sp³-hybridized carbons (Fsp3) is 0. The van der Waals surface area contributed by atoms with Gasteiger partial charge < -0.3 is 0 Å². The van der Waals surface area contributed by atoms with E-state index >= 15 is 0 Å². The van der Waals surface area contributed by atoms with Crippen molar-refractivity contribution in [1.29, 1.82) is 0 Å². The van der Waals surface area contributed by atoms with Gasteiger partial charge in [0.1, 0.15) is 0 Å². The lowest BCUT2D eigenvalue weighted by molar-refractivity contribution is 1.64. The molecule has 0 unspecified atom stereocenters. The van der Waals surface area contributed by atoms with Crippen molar-refractivity contribution in [2.24, 2.45) is 0 Å². The lowest BCUT2D eigenvalue weighted by Crippen LogP contribution is -1.73. The molecule has 0 N–H and O–H groups in total. The fourth-order valence-electron chi connectivity index (χ4n) is 1.34. The minimum absolute atomic E-state index is 0.671. The summed E-state index contributed by atoms with van der Waals surface area (Å²) in [4.78, 5) is 0. The van der Waals surface area contributed by atoms with Crippen LogP contribution in [0.5, 0.6) is 0 Å². The molecule has 0 aliphatic rings. The van der Waals surface area contributed by atoms with Gasteiger partial charge in [-0.25, -0.2) is 0 Å². The smallest absolute Gasteiger partial charge is 0.0418 e. The summed E-state index contributed by atoms with van der Waals surface area (Å²) in [5.41, 5.74) is 1.70. The van der Waals surface area contributed by atoms with E-state index in [4.69, 9.17) is 23.2 Å². The standard InChI is InChI=1S/C16H8Cl2/c17-15-9-3-7-13(11-15)5-1-2-6-14-8-4-10-16(18)12-14/h3-4,7-12H. The summed E-state index contributed by atoms with van der Waals surface area (Å²) < 4.78 is 0. The van der Waals surface area contributed by atoms with Gasteiger partial charge in [0.15, 0.2) is 0 Å². The van der Waals surface area contributed by atoms with Crippen LogP contribution in [0, 0.1) is 23.7 Å². The molecular formula is C16H8Cl2. The van der Waals surface area contributed by atoms with Crippen LogP contribution in [0.15, 0.2) is 48.5 Å². The second-order valence-corrected chi connectivity index (χ2v) is 4.39. The van der Waals surface area contributed by atoms with Gasteiger partial charge in [-0.3, -0.25) is 0 Å². The summed E-state index contributed by atoms with van der Waals surface area (Å²) in [5, 5.41) is 1.34. The average Bonchev–Trinajstić information content (AvgIpc) is 2.35. The molecule has 0 nitrogen and oxygen atoms in total. The molecule has 0 atom stereocenters. The lowest BCUT2D eigenvalue weighted by atomic mass is 10.2. The first-order valence-electron chi connectivity index (χ1n) is 5.27. The Morgan fingerprint density at radius 3 is 1.50 bits per heavy atom. The minimum Gasteiger partial charge on any atom is -0.0843 e. The summed E-state index contributed by atoms with van der Waals surface area (Å²) in [6, 6.07) is 14.7. The zero-order chi connectivity index (χ0) is 12.8. The maximum Gasteiger partial charge on any atom is 0.0418 e. The third-order valence-corrected chi connectivity index (χ3v) is 2.60. The van der Waals surface area contributed by atoms with E-state index in [2.05, 4.69) is 23.7 Å². The molecule has 18 heavy (non-hydrogen) atoms. The van der Waals surface area contributed by atoms with Crippen LogP contribution in [0.3, 0.4) is 0 Å². The summed E-state index contributed by atoms with van der Waals surface area (Å²) in [7, 11) is 0. The summed E-state index contributed by atoms with van der Waals surface area (Å²) >= 11 is 11.7. The molecule has 2 aromatic carbocycles. The Labute approximate surface area is 117 Å². The lowest BCUT2D eigenvalue weighted by Gasteiger charge is -1.89. The molecule has 0 spiro atoms. The highest BCUT2D eigenvalue weighted by molar-refractivity contribution is 6.30. The maximum atomic E-state index is 5.85. The Morgan fingerprint density at radius 2 is 1.11 bits per heavy atom. The zero-order valence-electron chi connectivity index (χ0n) is 9.37. The van der Waals surface area contributed by atoms with Gasteiger partial charge in [-0.15, -0.1) is 0 Å². The van der Waals surface area contributed by atoms with Crippen molar-refractivity contribution in [3.8, 4) is 23.7 Å². The molecule has 86 valence electrons. The van der Waals surface area contributed by atoms with Crippen molar-refractivity contribution >= 4 is 23.2 Å². The van der Waals surface area contributed by atoms with E-state index in [1.54, 1.807) is 12.1 Å². The Kier molecular flexibility index (Phi) is 4.32. The second kappa shape index (κ2) is 6.18. The molecule has 0 amide bonds. The molecule has 0 saturated heterocycles. The highest BCUT2D eigenvalue weighted by Crippen LogP contribution is 2.10. The fourth-order valence-corrected chi connectivity index (χ4v) is 1.72. The molecule has 2 rings (SSSR count). The van der Waals surface area contributed by atoms with E-state index in [1.807, 2.05) is 36.4 Å². The monoisotopic (exact) mass is 270 g/mol. The zero-order valence-corrected chi connectivity index (χ0v) is 10.9. The molecule has 0 radical (unpaired) electrons. The Hall–Kier alpha value is -1.86. The van der Waals surface area contributed by atoms with Crippen LogP contribution in [0.1, 0.15) is 11.1 Å². The van der Waals surface area contributed by atoms with Gasteiger partial charge in [-0.2, -0.15) is 0 Å². The van der Waals surface area contributed by atoms with Gasteiger partial charge >= 0.3 is 0 Å². The first-order chi connectivity index (χ1) is 8.74. The minimum atomic E-state index is 0.671. The molecule has 0 bridgehead atoms. The summed E-state index contributed by atoms with van der Waals surface area (Å²) in [5.74, 6) is 11.4. The highest BCUT2D eigenvalue weighted by atomic mass is 35.5. The van der Waals surface area contributed by atoms with Crippen molar-refractivity contribution < 1.29 is 0 Å². The van der Waals surface area contributed by atoms with E-state index < -0.39 is 0 Å². The first kappa shape index (κ1) is 12.6. The van der Waals surface area contributed by atoms with E-state index in [0.717, 1.165) is 11.1 Å². The van der Waals surface area contributed by atoms with Crippen LogP contribution in [0.2, 0.25) is 10.0 Å². The van der Waals surface area contributed by atoms with Gasteiger partial charge in [0.25, 0.3) is 0 Å². The number of halogens is 2. The Bertz CT molecular complexity index is 618. The predicted octanol–water partition coefficient (Wildman–Crippen LogP) is 4.40. The molecule has 2 aromatic rings. The van der Waals surface area contributed by atoms with Crippen molar-refractivity contribution in [3.05, 3.63) is 69.7 Å². The molecule has 2 heteroatoms. The number of hydrogen-bond acceptors (Lipinski definition) is 0. The molecular weight excluding hydrogens is 263 g/mol. The van der Waals surface area contributed by atoms with Crippen molar-refractivity contribution in [1.82, 2.24) is 0 Å². The number of benzene rings is 2. The predicted molar refractivity (Wildman–Crippen MR) is 76.7 cm³/mol. The van der Waals surface area contributed by atoms with Crippen LogP contribution in [-0.2, 0) is 0 Å². The normalized spacial score (nSPS) is 8.78. The van der Waals surface area contributed by atoms with E-state index in [0.29, 0.717) is 10.0 Å². The van der Waals surface area contributed by atoms with Crippen LogP contribution < -0.4 is 0 Å². The Balaban J connectivity index is 2.14. The number of hydrogen-bond donors (Lipinski definition) is 0. The SMILES string of the molecule is Clc1cccc(C#CC#Cc2cccc(Cl)c2)c1. The van der Waals surface area contributed by atoms with Gasteiger partial charge in [-0.05, 0) is 48.2 Å². The largest absolute Gasteiger partial charge is 0.0843 e. The third kappa shape index (κ3) is 3.86. The molecule has 0 aliphatic heterocycles. The topological polar surface area (TPSA) is 0 Å². The average molecular weight is 271 g/mol. The second-order valence-electron chi connectivity index (χ2n) is 3.52. The number of rotatable bonds is 0. The van der Waals surface area contributed by atoms with Crippen LogP contribution >= 0.6 is 23.2 Å². The molecule has 0 heterocycles. The van der Waals surface area contributed by atoms with Crippen LogP contribution in [0.25, 0.3) is 0 Å². The maximum absolute atomic E-state index is 5.85. The van der Waals surface area contributed by atoms with Crippen LogP contribution in [0.4, 0.5) is 0 Å². The van der Waals surface area contributed by atoms with Gasteiger partial charge in [0.05, 0.1) is 0 Å². The van der Waals surface area contributed by atoms with Gasteiger partial charge in [0.2, 0.25) is 0 Å². The van der Waals surface area contributed by atoms with Crippen molar-refractivity contribution in [3.63, 3.8) is 0 Å². The highest BCUT2D eigenvalue weighted by Gasteiger charge is 1.88. The molecule has 0 aromatic heterocycles. The summed E-state index contributed by atoms with van der Waals surface area (Å²) in [6.45, 7) is 0. The molecule has 0 aliphatic carbocycles. The Morgan fingerprint density at radius 1 is 0.667 bits per heavy atom. The van der Waals surface area contributed by atoms with E-state index in [9.17, 15) is 0 Å². The third-order valence-electron chi connectivity index (χ3n) is 2.13. The van der Waals surface area contributed by atoms with Crippen molar-refractivity contribution in [2.75, 3.05) is 0 Å². The van der Waals surface area contributed by atoms with Gasteiger partial charge in [0, 0.05) is 21.2 Å². The van der Waals surface area contributed by atoms with Gasteiger partial charge in [-0.1, -0.05) is 47.2 Å².